The average molecular weight is 463 g/mol. The van der Waals surface area contributed by atoms with Crippen molar-refractivity contribution in [1.82, 2.24) is 15.3 Å². The largest absolute Gasteiger partial charge is 0.383 e. The first-order valence-electron chi connectivity index (χ1n) is 11.3. The molecule has 3 N–H and O–H groups in total. The number of hydrogen-bond donors (Lipinski definition) is 2. The Bertz CT molecular complexity index is 1200. The predicted molar refractivity (Wildman–Crippen MR) is 127 cm³/mol. The van der Waals surface area contributed by atoms with Gasteiger partial charge >= 0.3 is 0 Å². The summed E-state index contributed by atoms with van der Waals surface area (Å²) in [6.07, 6.45) is 1.45. The number of Topliss-reactive ketones (excluding diaryl/α,β-unsaturated/α-hetero) is 1. The molecule has 1 spiro atoms. The summed E-state index contributed by atoms with van der Waals surface area (Å²) in [5, 5.41) is 16.6. The standard InChI is InChI=1S/C25H30N6O3/c1-24(2,3)28-20(33)14-30-17-10-7-6-9-15(17)25(23(30)34)16(13-26)22(27)31(29(4)5)18-11-8-12-19(32)21(18)25/h6-7,9-10H,8,11-12,14,27H2,1-5H3,(H,28,33)/t25-/m1/s1. The molecule has 0 bridgehead atoms. The van der Waals surface area contributed by atoms with Crippen molar-refractivity contribution in [3.8, 4) is 6.07 Å². The maximum atomic E-state index is 14.3. The Kier molecular flexibility index (Phi) is 5.53. The van der Waals surface area contributed by atoms with Crippen molar-refractivity contribution in [2.24, 2.45) is 5.73 Å². The summed E-state index contributed by atoms with van der Waals surface area (Å²) in [7, 11) is 3.55. The molecule has 0 fully saturated rings. The van der Waals surface area contributed by atoms with Gasteiger partial charge in [0.25, 0.3) is 0 Å². The molecule has 178 valence electrons. The van der Waals surface area contributed by atoms with Gasteiger partial charge in [-0.2, -0.15) is 5.26 Å². The molecule has 9 nitrogen and oxygen atoms in total. The van der Waals surface area contributed by atoms with Gasteiger partial charge in [0.05, 0.1) is 5.57 Å². The molecule has 0 saturated carbocycles. The van der Waals surface area contributed by atoms with Crippen LogP contribution in [0.4, 0.5) is 5.69 Å². The maximum Gasteiger partial charge on any atom is 0.248 e. The van der Waals surface area contributed by atoms with E-state index in [9.17, 15) is 19.6 Å². The zero-order valence-electron chi connectivity index (χ0n) is 20.2. The molecule has 1 aromatic carbocycles. The molecular formula is C25H30N6O3. The van der Waals surface area contributed by atoms with Gasteiger partial charge in [0.1, 0.15) is 23.8 Å². The smallest absolute Gasteiger partial charge is 0.248 e. The van der Waals surface area contributed by atoms with Crippen molar-refractivity contribution in [2.75, 3.05) is 25.5 Å². The lowest BCUT2D eigenvalue weighted by Crippen LogP contribution is -2.55. The van der Waals surface area contributed by atoms with Crippen molar-refractivity contribution in [1.29, 1.82) is 5.26 Å². The Hall–Kier alpha value is -3.64. The van der Waals surface area contributed by atoms with E-state index in [0.717, 1.165) is 0 Å². The summed E-state index contributed by atoms with van der Waals surface area (Å²) in [5.74, 6) is -0.904. The fraction of sp³-hybridized carbons (Fsp3) is 0.440. The highest BCUT2D eigenvalue weighted by molar-refractivity contribution is 6.21. The summed E-state index contributed by atoms with van der Waals surface area (Å²) in [5.41, 5.74) is 6.31. The molecule has 0 saturated heterocycles. The van der Waals surface area contributed by atoms with Crippen LogP contribution in [0.15, 0.2) is 46.9 Å². The van der Waals surface area contributed by atoms with Gasteiger partial charge in [-0.1, -0.05) is 18.2 Å². The monoisotopic (exact) mass is 462 g/mol. The van der Waals surface area contributed by atoms with E-state index in [1.54, 1.807) is 48.4 Å². The molecule has 1 atom stereocenters. The minimum Gasteiger partial charge on any atom is -0.383 e. The van der Waals surface area contributed by atoms with Crippen molar-refractivity contribution in [3.05, 3.63) is 52.5 Å². The fourth-order valence-corrected chi connectivity index (χ4v) is 5.33. The number of nitrogens with zero attached hydrogens (tertiary/aromatic N) is 4. The van der Waals surface area contributed by atoms with Gasteiger partial charge in [0, 0.05) is 48.6 Å². The van der Waals surface area contributed by atoms with Gasteiger partial charge in [-0.3, -0.25) is 19.4 Å². The van der Waals surface area contributed by atoms with Crippen molar-refractivity contribution in [3.63, 3.8) is 0 Å². The van der Waals surface area contributed by atoms with E-state index in [1.807, 2.05) is 20.8 Å². The molecule has 2 aliphatic heterocycles. The third-order valence-electron chi connectivity index (χ3n) is 6.37. The van der Waals surface area contributed by atoms with E-state index in [1.165, 1.54) is 4.90 Å². The van der Waals surface area contributed by atoms with Gasteiger partial charge in [0.2, 0.25) is 11.8 Å². The Morgan fingerprint density at radius 1 is 1.24 bits per heavy atom. The second kappa shape index (κ2) is 7.99. The highest BCUT2D eigenvalue weighted by Crippen LogP contribution is 2.56. The first-order valence-corrected chi connectivity index (χ1v) is 11.3. The predicted octanol–water partition coefficient (Wildman–Crippen LogP) is 1.68. The Balaban J connectivity index is 1.99. The lowest BCUT2D eigenvalue weighted by Gasteiger charge is -2.45. The number of benzene rings is 1. The van der Waals surface area contributed by atoms with E-state index in [0.29, 0.717) is 29.8 Å². The molecule has 0 unspecified atom stereocenters. The molecule has 1 aromatic rings. The van der Waals surface area contributed by atoms with Crippen LogP contribution < -0.4 is 16.0 Å². The third kappa shape index (κ3) is 3.29. The number of hydrazine groups is 1. The van der Waals surface area contributed by atoms with Crippen LogP contribution in [-0.2, 0) is 19.8 Å². The van der Waals surface area contributed by atoms with Crippen LogP contribution in [0.3, 0.4) is 0 Å². The molecule has 9 heteroatoms. The number of nitrogens with one attached hydrogen (secondary N) is 1. The van der Waals surface area contributed by atoms with E-state index < -0.39 is 16.9 Å². The number of amides is 2. The van der Waals surface area contributed by atoms with E-state index >= 15 is 0 Å². The summed E-state index contributed by atoms with van der Waals surface area (Å²) >= 11 is 0. The molecule has 0 aromatic heterocycles. The van der Waals surface area contributed by atoms with Gasteiger partial charge in [-0.15, -0.1) is 0 Å². The summed E-state index contributed by atoms with van der Waals surface area (Å²) in [6, 6.07) is 9.18. The number of ketones is 1. The number of hydrogen-bond acceptors (Lipinski definition) is 7. The highest BCUT2D eigenvalue weighted by Gasteiger charge is 2.62. The fourth-order valence-electron chi connectivity index (χ4n) is 5.33. The van der Waals surface area contributed by atoms with Gasteiger partial charge in [-0.25, -0.2) is 5.01 Å². The van der Waals surface area contributed by atoms with Crippen LogP contribution in [0.25, 0.3) is 0 Å². The van der Waals surface area contributed by atoms with Crippen molar-refractivity contribution < 1.29 is 14.4 Å². The quantitative estimate of drug-likeness (QED) is 0.701. The van der Waals surface area contributed by atoms with Gasteiger partial charge < -0.3 is 16.0 Å². The van der Waals surface area contributed by atoms with Crippen LogP contribution >= 0.6 is 0 Å². The minimum absolute atomic E-state index is 0.00591. The van der Waals surface area contributed by atoms with Crippen LogP contribution in [-0.4, -0.2) is 53.8 Å². The zero-order valence-corrected chi connectivity index (χ0v) is 20.2. The number of anilines is 1. The Morgan fingerprint density at radius 2 is 1.91 bits per heavy atom. The Morgan fingerprint density at radius 3 is 2.53 bits per heavy atom. The van der Waals surface area contributed by atoms with Crippen LogP contribution in [0.1, 0.15) is 45.6 Å². The first kappa shape index (κ1) is 23.5. The molecule has 0 radical (unpaired) electrons. The highest BCUT2D eigenvalue weighted by atomic mass is 16.2. The summed E-state index contributed by atoms with van der Waals surface area (Å²) in [4.78, 5) is 42.0. The van der Waals surface area contributed by atoms with Crippen LogP contribution in [0.5, 0.6) is 0 Å². The molecule has 34 heavy (non-hydrogen) atoms. The molecule has 2 heterocycles. The molecule has 1 aliphatic carbocycles. The molecule has 2 amide bonds. The number of para-hydroxylation sites is 1. The molecule has 4 rings (SSSR count). The van der Waals surface area contributed by atoms with Gasteiger partial charge in [0.15, 0.2) is 5.78 Å². The van der Waals surface area contributed by atoms with Crippen molar-refractivity contribution in [2.45, 2.75) is 51.0 Å². The summed E-state index contributed by atoms with van der Waals surface area (Å²) in [6.45, 7) is 5.34. The first-order chi connectivity index (χ1) is 15.9. The number of nitrogens with two attached hydrogens (primary N) is 1. The number of fused-ring (bicyclic) bond motifs is 3. The maximum absolute atomic E-state index is 14.3. The normalized spacial score (nSPS) is 22.4. The zero-order chi connectivity index (χ0) is 25.0. The third-order valence-corrected chi connectivity index (χ3v) is 6.37. The topological polar surface area (TPSA) is 123 Å². The van der Waals surface area contributed by atoms with E-state index in [2.05, 4.69) is 11.4 Å². The van der Waals surface area contributed by atoms with Crippen LogP contribution in [0.2, 0.25) is 0 Å². The van der Waals surface area contributed by atoms with Crippen LogP contribution in [0, 0.1) is 11.3 Å². The second-order valence-electron chi connectivity index (χ2n) is 10.1. The van der Waals surface area contributed by atoms with E-state index in [-0.39, 0.29) is 41.6 Å². The summed E-state index contributed by atoms with van der Waals surface area (Å²) < 4.78 is 0. The Labute approximate surface area is 199 Å². The number of carbonyl (C=O) groups excluding carboxylic acids is 3. The minimum atomic E-state index is -1.67. The number of allylic oxidation sites excluding steroid dienone is 1. The van der Waals surface area contributed by atoms with Crippen molar-refractivity contribution >= 4 is 23.3 Å². The van der Waals surface area contributed by atoms with Gasteiger partial charge in [-0.05, 0) is 39.7 Å². The lowest BCUT2D eigenvalue weighted by molar-refractivity contribution is -0.127. The number of carbonyl (C=O) groups is 3. The lowest BCUT2D eigenvalue weighted by atomic mass is 9.64. The molecular weight excluding hydrogens is 432 g/mol. The number of rotatable bonds is 3. The second-order valence-corrected chi connectivity index (χ2v) is 10.1. The van der Waals surface area contributed by atoms with E-state index in [4.69, 9.17) is 5.73 Å². The molecule has 3 aliphatic rings. The number of nitriles is 1. The average Bonchev–Trinajstić information content (AvgIpc) is 2.96. The SMILES string of the molecule is CN(C)N1C(N)=C(C#N)[C@@]2(C(=O)N(CC(=O)NC(C)(C)C)c3ccccc32)C2=C1CCCC2=O.